The van der Waals surface area contributed by atoms with Crippen LogP contribution in [0.4, 0.5) is 4.39 Å². The minimum absolute atomic E-state index is 0.131. The first-order chi connectivity index (χ1) is 9.20. The maximum Gasteiger partial charge on any atom is 0.123 e. The Hall–Kier alpha value is -0.890. The van der Waals surface area contributed by atoms with Gasteiger partial charge in [0.05, 0.1) is 0 Å². The van der Waals surface area contributed by atoms with E-state index >= 15 is 0 Å². The van der Waals surface area contributed by atoms with Gasteiger partial charge in [-0.15, -0.1) is 0 Å². The van der Waals surface area contributed by atoms with Crippen molar-refractivity contribution in [1.29, 1.82) is 0 Å². The molecule has 0 spiro atoms. The first-order valence-corrected chi connectivity index (χ1v) is 7.69. The van der Waals surface area contributed by atoms with Crippen molar-refractivity contribution in [3.63, 3.8) is 0 Å². The van der Waals surface area contributed by atoms with Gasteiger partial charge in [-0.1, -0.05) is 32.3 Å². The fourth-order valence-corrected chi connectivity index (χ4v) is 3.25. The minimum atomic E-state index is -0.131. The van der Waals surface area contributed by atoms with E-state index in [9.17, 15) is 4.39 Å². The summed E-state index contributed by atoms with van der Waals surface area (Å²) in [6.45, 7) is 5.10. The van der Waals surface area contributed by atoms with Crippen molar-refractivity contribution in [1.82, 2.24) is 5.32 Å². The maximum absolute atomic E-state index is 13.3. The first-order valence-electron chi connectivity index (χ1n) is 7.69. The second-order valence-electron chi connectivity index (χ2n) is 5.86. The fraction of sp³-hybridized carbons (Fsp3) is 0.647. The first kappa shape index (κ1) is 14.5. The summed E-state index contributed by atoms with van der Waals surface area (Å²) in [7, 11) is 0. The molecule has 106 valence electrons. The van der Waals surface area contributed by atoms with E-state index in [0.29, 0.717) is 6.04 Å². The maximum atomic E-state index is 13.3. The Kier molecular flexibility index (Phi) is 5.38. The SMILES string of the molecule is CCC(NCc1cc(F)ccc1C)C1CCCCC1. The highest BCUT2D eigenvalue weighted by Gasteiger charge is 2.21. The Morgan fingerprint density at radius 1 is 1.26 bits per heavy atom. The topological polar surface area (TPSA) is 12.0 Å². The summed E-state index contributed by atoms with van der Waals surface area (Å²) in [4.78, 5) is 0. The van der Waals surface area contributed by atoms with Crippen LogP contribution in [0, 0.1) is 18.7 Å². The lowest BCUT2D eigenvalue weighted by atomic mass is 9.83. The molecule has 1 saturated carbocycles. The molecule has 1 N–H and O–H groups in total. The van der Waals surface area contributed by atoms with Crippen LogP contribution in [0.3, 0.4) is 0 Å². The minimum Gasteiger partial charge on any atom is -0.310 e. The molecule has 0 heterocycles. The summed E-state index contributed by atoms with van der Waals surface area (Å²) in [5.74, 6) is 0.681. The Morgan fingerprint density at radius 2 is 2.00 bits per heavy atom. The van der Waals surface area contributed by atoms with E-state index in [-0.39, 0.29) is 5.82 Å². The van der Waals surface area contributed by atoms with Gasteiger partial charge in [0.15, 0.2) is 0 Å². The largest absolute Gasteiger partial charge is 0.310 e. The number of hydrogen-bond donors (Lipinski definition) is 1. The van der Waals surface area contributed by atoms with Crippen molar-refractivity contribution < 1.29 is 4.39 Å². The summed E-state index contributed by atoms with van der Waals surface area (Å²) in [5.41, 5.74) is 2.27. The average Bonchev–Trinajstić information content (AvgIpc) is 2.44. The highest BCUT2D eigenvalue weighted by molar-refractivity contribution is 5.26. The molecule has 1 fully saturated rings. The molecule has 1 nitrogen and oxygen atoms in total. The quantitative estimate of drug-likeness (QED) is 0.819. The average molecular weight is 263 g/mol. The Balaban J connectivity index is 1.93. The number of aryl methyl sites for hydroxylation is 1. The van der Waals surface area contributed by atoms with Gasteiger partial charge < -0.3 is 5.32 Å². The molecule has 0 aromatic heterocycles. The number of halogens is 1. The van der Waals surface area contributed by atoms with Crippen molar-refractivity contribution >= 4 is 0 Å². The van der Waals surface area contributed by atoms with Crippen LogP contribution >= 0.6 is 0 Å². The lowest BCUT2D eigenvalue weighted by Gasteiger charge is -2.30. The molecule has 1 atom stereocenters. The van der Waals surface area contributed by atoms with Gasteiger partial charge in [-0.25, -0.2) is 4.39 Å². The highest BCUT2D eigenvalue weighted by Crippen LogP contribution is 2.28. The number of hydrogen-bond acceptors (Lipinski definition) is 1. The van der Waals surface area contributed by atoms with Gasteiger partial charge in [0.1, 0.15) is 5.82 Å². The van der Waals surface area contributed by atoms with Gasteiger partial charge in [-0.2, -0.15) is 0 Å². The van der Waals surface area contributed by atoms with Gasteiger partial charge in [-0.05, 0) is 55.4 Å². The molecule has 0 bridgehead atoms. The Labute approximate surface area is 116 Å². The summed E-state index contributed by atoms with van der Waals surface area (Å²) in [5, 5.41) is 3.66. The van der Waals surface area contributed by atoms with Gasteiger partial charge in [0, 0.05) is 12.6 Å². The molecular weight excluding hydrogens is 237 g/mol. The lowest BCUT2D eigenvalue weighted by Crippen LogP contribution is -2.36. The second kappa shape index (κ2) is 7.04. The van der Waals surface area contributed by atoms with Crippen molar-refractivity contribution in [2.75, 3.05) is 0 Å². The normalized spacial score (nSPS) is 18.5. The number of rotatable bonds is 5. The molecule has 1 aromatic carbocycles. The molecule has 0 radical (unpaired) electrons. The standard InChI is InChI=1S/C17H26FN/c1-3-17(14-7-5-4-6-8-14)19-12-15-11-16(18)10-9-13(15)2/h9-11,14,17,19H,3-8,12H2,1-2H3. The smallest absolute Gasteiger partial charge is 0.123 e. The van der Waals surface area contributed by atoms with Gasteiger partial charge in [0.2, 0.25) is 0 Å². The van der Waals surface area contributed by atoms with Crippen LogP contribution in [0.2, 0.25) is 0 Å². The highest BCUT2D eigenvalue weighted by atomic mass is 19.1. The van der Waals surface area contributed by atoms with Crippen molar-refractivity contribution in [2.45, 2.75) is 65.0 Å². The molecule has 2 heteroatoms. The van der Waals surface area contributed by atoms with Gasteiger partial charge >= 0.3 is 0 Å². The van der Waals surface area contributed by atoms with E-state index in [1.807, 2.05) is 6.07 Å². The predicted octanol–water partition coefficient (Wildman–Crippen LogP) is 4.58. The second-order valence-corrected chi connectivity index (χ2v) is 5.86. The fourth-order valence-electron chi connectivity index (χ4n) is 3.25. The van der Waals surface area contributed by atoms with E-state index in [4.69, 9.17) is 0 Å². The van der Waals surface area contributed by atoms with Gasteiger partial charge in [0.25, 0.3) is 0 Å². The lowest BCUT2D eigenvalue weighted by molar-refractivity contribution is 0.261. The molecular formula is C17H26FN. The monoisotopic (exact) mass is 263 g/mol. The predicted molar refractivity (Wildman–Crippen MR) is 78.6 cm³/mol. The van der Waals surface area contributed by atoms with Crippen LogP contribution in [0.1, 0.15) is 56.6 Å². The molecule has 2 rings (SSSR count). The van der Waals surface area contributed by atoms with Crippen LogP contribution in [-0.2, 0) is 6.54 Å². The van der Waals surface area contributed by atoms with Crippen molar-refractivity contribution in [2.24, 2.45) is 5.92 Å². The summed E-state index contributed by atoms with van der Waals surface area (Å²) < 4.78 is 13.3. The molecule has 19 heavy (non-hydrogen) atoms. The van der Waals surface area contributed by atoms with Crippen LogP contribution < -0.4 is 5.32 Å². The van der Waals surface area contributed by atoms with E-state index in [0.717, 1.165) is 18.0 Å². The van der Waals surface area contributed by atoms with Crippen LogP contribution in [0.5, 0.6) is 0 Å². The summed E-state index contributed by atoms with van der Waals surface area (Å²) >= 11 is 0. The molecule has 0 saturated heterocycles. The Bertz CT molecular complexity index is 396. The zero-order valence-electron chi connectivity index (χ0n) is 12.2. The zero-order chi connectivity index (χ0) is 13.7. The van der Waals surface area contributed by atoms with E-state index < -0.39 is 0 Å². The van der Waals surface area contributed by atoms with Crippen molar-refractivity contribution in [3.8, 4) is 0 Å². The van der Waals surface area contributed by atoms with E-state index in [1.165, 1.54) is 50.2 Å². The number of nitrogens with one attached hydrogen (secondary N) is 1. The van der Waals surface area contributed by atoms with E-state index in [1.54, 1.807) is 6.07 Å². The third-order valence-electron chi connectivity index (χ3n) is 4.52. The third kappa shape index (κ3) is 4.04. The zero-order valence-corrected chi connectivity index (χ0v) is 12.2. The van der Waals surface area contributed by atoms with Crippen molar-refractivity contribution in [3.05, 3.63) is 35.1 Å². The third-order valence-corrected chi connectivity index (χ3v) is 4.52. The summed E-state index contributed by atoms with van der Waals surface area (Å²) in [6, 6.07) is 5.66. The molecule has 0 aliphatic heterocycles. The molecule has 1 aliphatic carbocycles. The van der Waals surface area contributed by atoms with E-state index in [2.05, 4.69) is 19.2 Å². The molecule has 1 aliphatic rings. The van der Waals surface area contributed by atoms with Crippen LogP contribution in [0.25, 0.3) is 0 Å². The molecule has 1 aromatic rings. The number of benzene rings is 1. The molecule has 0 amide bonds. The molecule has 1 unspecified atom stereocenters. The van der Waals surface area contributed by atoms with Crippen LogP contribution in [-0.4, -0.2) is 6.04 Å². The van der Waals surface area contributed by atoms with Gasteiger partial charge in [-0.3, -0.25) is 0 Å². The Morgan fingerprint density at radius 3 is 2.68 bits per heavy atom. The van der Waals surface area contributed by atoms with Crippen LogP contribution in [0.15, 0.2) is 18.2 Å². The summed E-state index contributed by atoms with van der Waals surface area (Å²) in [6.07, 6.45) is 8.03.